The second-order valence-electron chi connectivity index (χ2n) is 5.16. The minimum absolute atomic E-state index is 0.420. The Kier molecular flexibility index (Phi) is 4.69. The van der Waals surface area contributed by atoms with Crippen LogP contribution >= 0.6 is 11.8 Å². The molecule has 2 heterocycles. The summed E-state index contributed by atoms with van der Waals surface area (Å²) in [5, 5.41) is 8.06. The van der Waals surface area contributed by atoms with Crippen molar-refractivity contribution in [2.75, 3.05) is 17.3 Å². The van der Waals surface area contributed by atoms with Gasteiger partial charge in [0.05, 0.1) is 5.69 Å². The van der Waals surface area contributed by atoms with E-state index in [0.29, 0.717) is 12.0 Å². The summed E-state index contributed by atoms with van der Waals surface area (Å²) in [5.74, 6) is 2.52. The maximum absolute atomic E-state index is 4.57. The molecule has 1 N–H and O–H groups in total. The van der Waals surface area contributed by atoms with Gasteiger partial charge in [-0.25, -0.2) is 9.50 Å². The van der Waals surface area contributed by atoms with Crippen LogP contribution in [0.25, 0.3) is 5.52 Å². The average molecular weight is 278 g/mol. The van der Waals surface area contributed by atoms with Gasteiger partial charge in [-0.05, 0) is 37.3 Å². The molecular weight excluding hydrogens is 256 g/mol. The van der Waals surface area contributed by atoms with Gasteiger partial charge in [0.25, 0.3) is 0 Å². The summed E-state index contributed by atoms with van der Waals surface area (Å²) >= 11 is 1.87. The summed E-state index contributed by atoms with van der Waals surface area (Å²) in [6, 6.07) is 2.55. The Hall–Kier alpha value is -1.23. The molecule has 0 spiro atoms. The summed E-state index contributed by atoms with van der Waals surface area (Å²) in [7, 11) is 0. The second kappa shape index (κ2) is 6.28. The van der Waals surface area contributed by atoms with E-state index in [1.165, 1.54) is 0 Å². The van der Waals surface area contributed by atoms with Crippen LogP contribution in [0, 0.1) is 0 Å². The lowest BCUT2D eigenvalue weighted by Gasteiger charge is -2.14. The van der Waals surface area contributed by atoms with Crippen LogP contribution in [0.1, 0.15) is 38.8 Å². The van der Waals surface area contributed by atoms with Crippen molar-refractivity contribution in [2.45, 2.75) is 39.2 Å². The molecule has 0 radical (unpaired) electrons. The Morgan fingerprint density at radius 3 is 2.84 bits per heavy atom. The lowest BCUT2D eigenvalue weighted by atomic mass is 10.1. The smallest absolute Gasteiger partial charge is 0.152 e. The van der Waals surface area contributed by atoms with E-state index in [2.05, 4.69) is 48.5 Å². The largest absolute Gasteiger partial charge is 0.366 e. The molecule has 0 saturated carbocycles. The van der Waals surface area contributed by atoms with E-state index < -0.39 is 0 Å². The first-order valence-electron chi connectivity index (χ1n) is 6.71. The van der Waals surface area contributed by atoms with Gasteiger partial charge in [-0.2, -0.15) is 16.9 Å². The maximum Gasteiger partial charge on any atom is 0.152 e. The fourth-order valence-corrected chi connectivity index (χ4v) is 2.52. The van der Waals surface area contributed by atoms with Crippen molar-refractivity contribution in [3.05, 3.63) is 24.2 Å². The van der Waals surface area contributed by atoms with Gasteiger partial charge in [-0.15, -0.1) is 0 Å². The summed E-state index contributed by atoms with van der Waals surface area (Å²) in [4.78, 5) is 4.45. The summed E-state index contributed by atoms with van der Waals surface area (Å²) in [5.41, 5.74) is 2.16. The number of hydrogen-bond donors (Lipinski definition) is 1. The van der Waals surface area contributed by atoms with Gasteiger partial charge in [-0.1, -0.05) is 13.8 Å². The highest BCUT2D eigenvalue weighted by Gasteiger charge is 2.11. The third kappa shape index (κ3) is 3.41. The highest BCUT2D eigenvalue weighted by molar-refractivity contribution is 7.98. The van der Waals surface area contributed by atoms with Crippen LogP contribution in [0.4, 0.5) is 5.82 Å². The molecule has 2 aromatic heterocycles. The lowest BCUT2D eigenvalue weighted by Crippen LogP contribution is -2.17. The van der Waals surface area contributed by atoms with Crippen molar-refractivity contribution >= 4 is 23.1 Å². The fourth-order valence-electron chi connectivity index (χ4n) is 1.93. The lowest BCUT2D eigenvalue weighted by molar-refractivity contribution is 0.763. The Morgan fingerprint density at radius 1 is 1.37 bits per heavy atom. The first-order valence-corrected chi connectivity index (χ1v) is 8.11. The molecule has 4 nitrogen and oxygen atoms in total. The first kappa shape index (κ1) is 14.2. The summed E-state index contributed by atoms with van der Waals surface area (Å²) in [6.07, 6.45) is 6.97. The summed E-state index contributed by atoms with van der Waals surface area (Å²) < 4.78 is 1.91. The SMILES string of the molecule is CSCCC(C)Nc1nccn2nc(C(C)C)cc12. The predicted octanol–water partition coefficient (Wildman–Crippen LogP) is 3.41. The average Bonchev–Trinajstić information content (AvgIpc) is 2.81. The second-order valence-corrected chi connectivity index (χ2v) is 6.14. The van der Waals surface area contributed by atoms with Crippen molar-refractivity contribution in [3.8, 4) is 0 Å². The number of anilines is 1. The fraction of sp³-hybridized carbons (Fsp3) is 0.571. The zero-order valence-electron chi connectivity index (χ0n) is 12.1. The van der Waals surface area contributed by atoms with Crippen LogP contribution in [0.3, 0.4) is 0 Å². The minimum Gasteiger partial charge on any atom is -0.366 e. The van der Waals surface area contributed by atoms with Crippen molar-refractivity contribution in [1.82, 2.24) is 14.6 Å². The molecule has 0 aliphatic carbocycles. The molecule has 0 aliphatic heterocycles. The molecule has 19 heavy (non-hydrogen) atoms. The minimum atomic E-state index is 0.420. The predicted molar refractivity (Wildman–Crippen MR) is 83.2 cm³/mol. The number of thioether (sulfide) groups is 1. The van der Waals surface area contributed by atoms with E-state index >= 15 is 0 Å². The number of fused-ring (bicyclic) bond motifs is 1. The molecule has 0 saturated heterocycles. The molecular formula is C14H22N4S. The highest BCUT2D eigenvalue weighted by atomic mass is 32.2. The number of nitrogens with zero attached hydrogens (tertiary/aromatic N) is 3. The Morgan fingerprint density at radius 2 is 2.16 bits per heavy atom. The van der Waals surface area contributed by atoms with Gasteiger partial charge in [0, 0.05) is 18.4 Å². The van der Waals surface area contributed by atoms with Crippen LogP contribution in [-0.2, 0) is 0 Å². The summed E-state index contributed by atoms with van der Waals surface area (Å²) in [6.45, 7) is 6.51. The molecule has 2 rings (SSSR count). The third-order valence-electron chi connectivity index (χ3n) is 3.14. The molecule has 0 bridgehead atoms. The number of hydrogen-bond acceptors (Lipinski definition) is 4. The molecule has 0 fully saturated rings. The van der Waals surface area contributed by atoms with Crippen LogP contribution in [-0.4, -0.2) is 32.6 Å². The Balaban J connectivity index is 2.22. The quantitative estimate of drug-likeness (QED) is 0.879. The molecule has 0 aliphatic rings. The third-order valence-corrected chi connectivity index (χ3v) is 3.78. The van der Waals surface area contributed by atoms with E-state index in [4.69, 9.17) is 0 Å². The first-order chi connectivity index (χ1) is 9.11. The van der Waals surface area contributed by atoms with Gasteiger partial charge >= 0.3 is 0 Å². The van der Waals surface area contributed by atoms with E-state index in [9.17, 15) is 0 Å². The van der Waals surface area contributed by atoms with Gasteiger partial charge in [0.15, 0.2) is 5.82 Å². The number of rotatable bonds is 6. The van der Waals surface area contributed by atoms with E-state index in [0.717, 1.165) is 29.2 Å². The van der Waals surface area contributed by atoms with Gasteiger partial charge in [0.1, 0.15) is 5.52 Å². The van der Waals surface area contributed by atoms with Crippen molar-refractivity contribution < 1.29 is 0 Å². The molecule has 1 atom stereocenters. The highest BCUT2D eigenvalue weighted by Crippen LogP contribution is 2.20. The topological polar surface area (TPSA) is 42.2 Å². The molecule has 2 aromatic rings. The standard InChI is InChI=1S/C14H22N4S/c1-10(2)12-9-13-14(15-6-7-18(13)17-12)16-11(3)5-8-19-4/h6-7,9-11H,5,8H2,1-4H3,(H,15,16). The monoisotopic (exact) mass is 278 g/mol. The number of aromatic nitrogens is 3. The normalized spacial score (nSPS) is 13.1. The van der Waals surface area contributed by atoms with Crippen LogP contribution in [0.15, 0.2) is 18.5 Å². The van der Waals surface area contributed by atoms with Gasteiger partial charge in [-0.3, -0.25) is 0 Å². The molecule has 0 aromatic carbocycles. The van der Waals surface area contributed by atoms with E-state index in [-0.39, 0.29) is 0 Å². The molecule has 0 amide bonds. The molecule has 1 unspecified atom stereocenters. The molecule has 104 valence electrons. The van der Waals surface area contributed by atoms with Crippen molar-refractivity contribution in [3.63, 3.8) is 0 Å². The van der Waals surface area contributed by atoms with Crippen LogP contribution < -0.4 is 5.32 Å². The van der Waals surface area contributed by atoms with Gasteiger partial charge < -0.3 is 5.32 Å². The zero-order chi connectivity index (χ0) is 13.8. The van der Waals surface area contributed by atoms with Gasteiger partial charge in [0.2, 0.25) is 0 Å². The molecule has 5 heteroatoms. The van der Waals surface area contributed by atoms with Crippen molar-refractivity contribution in [1.29, 1.82) is 0 Å². The Labute approximate surface area is 119 Å². The Bertz CT molecular complexity index is 535. The van der Waals surface area contributed by atoms with Crippen molar-refractivity contribution in [2.24, 2.45) is 0 Å². The van der Waals surface area contributed by atoms with Crippen LogP contribution in [0.2, 0.25) is 0 Å². The maximum atomic E-state index is 4.57. The zero-order valence-corrected chi connectivity index (χ0v) is 12.9. The van der Waals surface area contributed by atoms with Crippen LogP contribution in [0.5, 0.6) is 0 Å². The van der Waals surface area contributed by atoms with E-state index in [1.54, 1.807) is 6.20 Å². The van der Waals surface area contributed by atoms with E-state index in [1.807, 2.05) is 22.5 Å². The number of nitrogens with one attached hydrogen (secondary N) is 1.